The van der Waals surface area contributed by atoms with E-state index in [-0.39, 0.29) is 6.10 Å². The van der Waals surface area contributed by atoms with E-state index in [1.165, 1.54) is 6.26 Å². The number of aryl methyl sites for hydroxylation is 1. The summed E-state index contributed by atoms with van der Waals surface area (Å²) in [4.78, 5) is 0. The van der Waals surface area contributed by atoms with Gasteiger partial charge in [0.25, 0.3) is 0 Å². The van der Waals surface area contributed by atoms with Gasteiger partial charge in [-0.15, -0.1) is 0 Å². The number of ether oxygens (including phenoxy) is 2. The van der Waals surface area contributed by atoms with E-state index in [2.05, 4.69) is 10.5 Å². The molecule has 0 amide bonds. The number of nitrogens with one attached hydrogen (secondary N) is 1. The van der Waals surface area contributed by atoms with Crippen molar-refractivity contribution in [3.05, 3.63) is 41.8 Å². The molecule has 3 rings (SSSR count). The molecule has 5 nitrogen and oxygen atoms in total. The number of morpholine rings is 1. The Kier molecular flexibility index (Phi) is 3.48. The van der Waals surface area contributed by atoms with E-state index in [9.17, 15) is 0 Å². The summed E-state index contributed by atoms with van der Waals surface area (Å²) in [7, 11) is 0. The summed E-state index contributed by atoms with van der Waals surface area (Å²) < 4.78 is 16.3. The number of aromatic nitrogens is 1. The zero-order valence-corrected chi connectivity index (χ0v) is 10.8. The lowest BCUT2D eigenvalue weighted by Gasteiger charge is -2.24. The van der Waals surface area contributed by atoms with Crippen LogP contribution in [0.4, 0.5) is 0 Å². The van der Waals surface area contributed by atoms with Crippen LogP contribution in [-0.4, -0.2) is 24.9 Å². The van der Waals surface area contributed by atoms with E-state index in [1.54, 1.807) is 0 Å². The molecule has 1 aliphatic rings. The standard InChI is InChI=1S/C14H16N2O3/c1-10-14(9-18-16-10)19-12-4-2-3-11(7-12)13-8-15-5-6-17-13/h2-4,7,9,13,15H,5-6,8H2,1H3/t13-/m0/s1. The fourth-order valence-corrected chi connectivity index (χ4v) is 2.07. The van der Waals surface area contributed by atoms with Crippen molar-refractivity contribution in [2.45, 2.75) is 13.0 Å². The molecule has 1 aliphatic heterocycles. The zero-order chi connectivity index (χ0) is 13.1. The fraction of sp³-hybridized carbons (Fsp3) is 0.357. The van der Waals surface area contributed by atoms with Crippen LogP contribution in [0.5, 0.6) is 11.5 Å². The van der Waals surface area contributed by atoms with Gasteiger partial charge in [0.1, 0.15) is 11.4 Å². The maximum Gasteiger partial charge on any atom is 0.189 e. The lowest BCUT2D eigenvalue weighted by Crippen LogP contribution is -2.33. The molecular formula is C14H16N2O3. The maximum absolute atomic E-state index is 5.75. The van der Waals surface area contributed by atoms with E-state index in [0.29, 0.717) is 5.75 Å². The molecular weight excluding hydrogens is 244 g/mol. The molecule has 1 aromatic heterocycles. The maximum atomic E-state index is 5.75. The van der Waals surface area contributed by atoms with Crippen LogP contribution in [0.25, 0.3) is 0 Å². The molecule has 1 aromatic carbocycles. The van der Waals surface area contributed by atoms with Gasteiger partial charge in [0.2, 0.25) is 0 Å². The third kappa shape index (κ3) is 2.77. The Balaban J connectivity index is 1.77. The molecule has 100 valence electrons. The molecule has 1 saturated heterocycles. The highest BCUT2D eigenvalue weighted by molar-refractivity contribution is 5.35. The van der Waals surface area contributed by atoms with Crippen molar-refractivity contribution in [2.75, 3.05) is 19.7 Å². The third-order valence-corrected chi connectivity index (χ3v) is 3.09. The van der Waals surface area contributed by atoms with Crippen LogP contribution in [0.1, 0.15) is 17.4 Å². The van der Waals surface area contributed by atoms with Gasteiger partial charge < -0.3 is 19.3 Å². The fourth-order valence-electron chi connectivity index (χ4n) is 2.07. The number of rotatable bonds is 3. The van der Waals surface area contributed by atoms with Crippen molar-refractivity contribution < 1.29 is 14.0 Å². The first-order chi connectivity index (χ1) is 9.33. The van der Waals surface area contributed by atoms with Gasteiger partial charge in [-0.25, -0.2) is 0 Å². The Bertz CT molecular complexity index is 547. The van der Waals surface area contributed by atoms with Gasteiger partial charge in [-0.1, -0.05) is 17.3 Å². The summed E-state index contributed by atoms with van der Waals surface area (Å²) in [5.41, 5.74) is 1.85. The monoisotopic (exact) mass is 260 g/mol. The van der Waals surface area contributed by atoms with Crippen LogP contribution >= 0.6 is 0 Å². The highest BCUT2D eigenvalue weighted by Gasteiger charge is 2.16. The van der Waals surface area contributed by atoms with Gasteiger partial charge in [-0.3, -0.25) is 0 Å². The molecule has 0 spiro atoms. The van der Waals surface area contributed by atoms with E-state index in [0.717, 1.165) is 36.7 Å². The molecule has 0 aliphatic carbocycles. The van der Waals surface area contributed by atoms with Crippen molar-refractivity contribution >= 4 is 0 Å². The van der Waals surface area contributed by atoms with Gasteiger partial charge in [0, 0.05) is 13.1 Å². The van der Waals surface area contributed by atoms with Crippen molar-refractivity contribution in [3.8, 4) is 11.5 Å². The SMILES string of the molecule is Cc1nocc1Oc1cccc([C@@H]2CNCCO2)c1. The minimum Gasteiger partial charge on any atom is -0.452 e. The Morgan fingerprint density at radius 3 is 3.11 bits per heavy atom. The quantitative estimate of drug-likeness (QED) is 0.918. The molecule has 1 fully saturated rings. The molecule has 5 heteroatoms. The van der Waals surface area contributed by atoms with Gasteiger partial charge in [-0.05, 0) is 24.6 Å². The minimum atomic E-state index is 0.0841. The average molecular weight is 260 g/mol. The van der Waals surface area contributed by atoms with Crippen molar-refractivity contribution in [3.63, 3.8) is 0 Å². The first-order valence-corrected chi connectivity index (χ1v) is 6.34. The van der Waals surface area contributed by atoms with Crippen LogP contribution in [0.2, 0.25) is 0 Å². The molecule has 0 saturated carbocycles. The third-order valence-electron chi connectivity index (χ3n) is 3.09. The average Bonchev–Trinajstić information content (AvgIpc) is 2.86. The van der Waals surface area contributed by atoms with Crippen LogP contribution in [0, 0.1) is 6.92 Å². The lowest BCUT2D eigenvalue weighted by atomic mass is 10.1. The highest BCUT2D eigenvalue weighted by Crippen LogP contribution is 2.27. The second kappa shape index (κ2) is 5.42. The molecule has 1 atom stereocenters. The number of nitrogens with zero attached hydrogens (tertiary/aromatic N) is 1. The van der Waals surface area contributed by atoms with Gasteiger partial charge in [-0.2, -0.15) is 0 Å². The summed E-state index contributed by atoms with van der Waals surface area (Å²) in [6.45, 7) is 4.32. The van der Waals surface area contributed by atoms with E-state index in [1.807, 2.05) is 31.2 Å². The first-order valence-electron chi connectivity index (χ1n) is 6.34. The molecule has 0 bridgehead atoms. The van der Waals surface area contributed by atoms with Gasteiger partial charge in [0.15, 0.2) is 12.0 Å². The van der Waals surface area contributed by atoms with Crippen LogP contribution < -0.4 is 10.1 Å². The Labute approximate surface area is 111 Å². The van der Waals surface area contributed by atoms with Crippen molar-refractivity contribution in [2.24, 2.45) is 0 Å². The largest absolute Gasteiger partial charge is 0.452 e. The number of benzene rings is 1. The topological polar surface area (TPSA) is 56.5 Å². The summed E-state index contributed by atoms with van der Waals surface area (Å²) in [6, 6.07) is 7.91. The smallest absolute Gasteiger partial charge is 0.189 e. The molecule has 0 unspecified atom stereocenters. The normalized spacial score (nSPS) is 19.3. The molecule has 19 heavy (non-hydrogen) atoms. The second-order valence-electron chi connectivity index (χ2n) is 4.50. The summed E-state index contributed by atoms with van der Waals surface area (Å²) in [6.07, 6.45) is 1.58. The van der Waals surface area contributed by atoms with Gasteiger partial charge in [0.05, 0.1) is 12.7 Å². The number of hydrogen-bond donors (Lipinski definition) is 1. The van der Waals surface area contributed by atoms with E-state index < -0.39 is 0 Å². The molecule has 1 N–H and O–H groups in total. The summed E-state index contributed by atoms with van der Waals surface area (Å²) in [5.74, 6) is 1.40. The number of hydrogen-bond acceptors (Lipinski definition) is 5. The molecule has 2 heterocycles. The van der Waals surface area contributed by atoms with Crippen LogP contribution in [-0.2, 0) is 4.74 Å². The first kappa shape index (κ1) is 12.2. The summed E-state index contributed by atoms with van der Waals surface area (Å²) in [5, 5.41) is 7.11. The lowest BCUT2D eigenvalue weighted by molar-refractivity contribution is 0.0276. The zero-order valence-electron chi connectivity index (χ0n) is 10.8. The van der Waals surface area contributed by atoms with Crippen LogP contribution in [0.15, 0.2) is 35.1 Å². The van der Waals surface area contributed by atoms with Gasteiger partial charge >= 0.3 is 0 Å². The van der Waals surface area contributed by atoms with E-state index >= 15 is 0 Å². The minimum absolute atomic E-state index is 0.0841. The van der Waals surface area contributed by atoms with E-state index in [4.69, 9.17) is 14.0 Å². The highest BCUT2D eigenvalue weighted by atomic mass is 16.5. The second-order valence-corrected chi connectivity index (χ2v) is 4.50. The predicted molar refractivity (Wildman–Crippen MR) is 69.3 cm³/mol. The Morgan fingerprint density at radius 2 is 2.37 bits per heavy atom. The van der Waals surface area contributed by atoms with Crippen LogP contribution in [0.3, 0.4) is 0 Å². The molecule has 2 aromatic rings. The van der Waals surface area contributed by atoms with Crippen molar-refractivity contribution in [1.29, 1.82) is 0 Å². The summed E-state index contributed by atoms with van der Waals surface area (Å²) >= 11 is 0. The predicted octanol–water partition coefficient (Wildman–Crippen LogP) is 2.44. The Hall–Kier alpha value is -1.85. The Morgan fingerprint density at radius 1 is 1.42 bits per heavy atom. The molecule has 0 radical (unpaired) electrons. The van der Waals surface area contributed by atoms with Crippen molar-refractivity contribution in [1.82, 2.24) is 10.5 Å².